The predicted molar refractivity (Wildman–Crippen MR) is 342 cm³/mol. The molecule has 0 aromatic rings. The zero-order chi connectivity index (χ0) is 59.6. The summed E-state index contributed by atoms with van der Waals surface area (Å²) in [5.74, 6) is -1.21. The maximum atomic E-state index is 13.5. The first-order valence-corrected chi connectivity index (χ1v) is 33.9. The highest BCUT2D eigenvalue weighted by molar-refractivity contribution is 5.80. The second-order valence-corrected chi connectivity index (χ2v) is 23.2. The van der Waals surface area contributed by atoms with E-state index >= 15 is 0 Å². The summed E-state index contributed by atoms with van der Waals surface area (Å²) >= 11 is 0. The first kappa shape index (κ1) is 76.9. The van der Waals surface area contributed by atoms with Crippen molar-refractivity contribution in [3.05, 3.63) is 85.1 Å². The number of amides is 1. The SMILES string of the molecule is CCCCC/C=C\C/C=C\C/C=C\C/C=C\CCCCCCCC(=O)OC1C(OCC(NC(=O)C(O)CCCCCCCCCCCC/C=C\C/C=C\CCCCC)C(O)/C=C/CCCCCCCCCCCC)OC(CO)C(O)C1O. The highest BCUT2D eigenvalue weighted by Crippen LogP contribution is 2.26. The second kappa shape index (κ2) is 58.2. The van der Waals surface area contributed by atoms with Gasteiger partial charge < -0.3 is 45.1 Å². The van der Waals surface area contributed by atoms with Crippen molar-refractivity contribution in [1.29, 1.82) is 0 Å². The first-order chi connectivity index (χ1) is 40.2. The molecular weight excluding hydrogens is 1030 g/mol. The minimum Gasteiger partial charge on any atom is -0.454 e. The molecule has 1 aliphatic heterocycles. The van der Waals surface area contributed by atoms with Gasteiger partial charge in [-0.1, -0.05) is 266 Å². The van der Waals surface area contributed by atoms with Crippen LogP contribution in [-0.2, 0) is 23.8 Å². The van der Waals surface area contributed by atoms with Crippen molar-refractivity contribution in [2.24, 2.45) is 0 Å². The number of hydrogen-bond acceptors (Lipinski definition) is 10. The third-order valence-electron chi connectivity index (χ3n) is 15.5. The molecule has 1 heterocycles. The molecule has 1 rings (SSSR count). The van der Waals surface area contributed by atoms with Crippen LogP contribution in [0.3, 0.4) is 0 Å². The topological polar surface area (TPSA) is 175 Å². The number of carbonyl (C=O) groups excluding carboxylic acids is 2. The summed E-state index contributed by atoms with van der Waals surface area (Å²) in [5, 5.41) is 57.1. The van der Waals surface area contributed by atoms with E-state index in [0.717, 1.165) is 103 Å². The molecule has 0 radical (unpaired) electrons. The molecular formula is C71H125NO10. The number of hydrogen-bond donors (Lipinski definition) is 6. The van der Waals surface area contributed by atoms with Gasteiger partial charge in [0.2, 0.25) is 5.91 Å². The Morgan fingerprint density at radius 1 is 0.476 bits per heavy atom. The predicted octanol–water partition coefficient (Wildman–Crippen LogP) is 16.9. The van der Waals surface area contributed by atoms with E-state index in [4.69, 9.17) is 14.2 Å². The lowest BCUT2D eigenvalue weighted by molar-refractivity contribution is -0.305. The third-order valence-corrected chi connectivity index (χ3v) is 15.5. The molecule has 0 aromatic carbocycles. The van der Waals surface area contributed by atoms with E-state index in [1.54, 1.807) is 6.08 Å². The number of allylic oxidation sites excluding steroid dienone is 13. The Morgan fingerprint density at radius 2 is 0.841 bits per heavy atom. The van der Waals surface area contributed by atoms with Crippen LogP contribution in [-0.4, -0.2) is 99.6 Å². The summed E-state index contributed by atoms with van der Waals surface area (Å²) in [7, 11) is 0. The van der Waals surface area contributed by atoms with E-state index in [9.17, 15) is 35.1 Å². The summed E-state index contributed by atoms with van der Waals surface area (Å²) in [4.78, 5) is 26.6. The minimum absolute atomic E-state index is 0.0995. The largest absolute Gasteiger partial charge is 0.454 e. The van der Waals surface area contributed by atoms with Gasteiger partial charge in [-0.15, -0.1) is 0 Å². The fraction of sp³-hybridized carbons (Fsp3) is 0.775. The molecule has 1 saturated heterocycles. The molecule has 0 saturated carbocycles. The van der Waals surface area contributed by atoms with Gasteiger partial charge >= 0.3 is 5.97 Å². The number of aliphatic hydroxyl groups is 5. The van der Waals surface area contributed by atoms with Crippen LogP contribution in [0.5, 0.6) is 0 Å². The maximum absolute atomic E-state index is 13.5. The Hall–Kier alpha value is -3.16. The molecule has 1 fully saturated rings. The molecule has 1 aliphatic rings. The zero-order valence-corrected chi connectivity index (χ0v) is 52.6. The molecule has 11 nitrogen and oxygen atoms in total. The Bertz CT molecular complexity index is 1660. The fourth-order valence-electron chi connectivity index (χ4n) is 10.1. The highest BCUT2D eigenvalue weighted by Gasteiger charge is 2.47. The van der Waals surface area contributed by atoms with Gasteiger partial charge in [-0.3, -0.25) is 9.59 Å². The third kappa shape index (κ3) is 45.2. The van der Waals surface area contributed by atoms with Crippen molar-refractivity contribution >= 4 is 11.9 Å². The Labute approximate surface area is 502 Å². The number of esters is 1. The standard InChI is InChI=1S/C71H125NO10/c1-4-7-10-13-16-19-22-25-27-29-31-33-35-37-39-41-44-47-50-53-56-59-66(76)82-69-68(78)67(77)65(60-73)81-71(69)80-61-62(63(74)57-54-51-48-45-42-24-21-18-15-12-9-6-3)72-70(79)64(75)58-55-52-49-46-43-40-38-36-34-32-30-28-26-23-20-17-14-11-8-5-2/h16-17,19-20,25-28,31,33,37,39,54,57,62-65,67-69,71,73-75,77-78H,4-15,18,21-24,29-30,32,34-36,38,40-53,55-56,58-61H2,1-3H3,(H,72,79)/b19-16-,20-17-,27-25-,28-26-,33-31-,39-37-,57-54+. The van der Waals surface area contributed by atoms with Gasteiger partial charge in [0.15, 0.2) is 12.4 Å². The number of aliphatic hydroxyl groups excluding tert-OH is 5. The lowest BCUT2D eigenvalue weighted by Crippen LogP contribution is -2.61. The van der Waals surface area contributed by atoms with Gasteiger partial charge in [-0.25, -0.2) is 0 Å². The van der Waals surface area contributed by atoms with Crippen molar-refractivity contribution in [3.63, 3.8) is 0 Å². The van der Waals surface area contributed by atoms with E-state index in [-0.39, 0.29) is 19.4 Å². The molecule has 0 aliphatic carbocycles. The average Bonchev–Trinajstić information content (AvgIpc) is 3.44. The van der Waals surface area contributed by atoms with Crippen LogP contribution in [0.25, 0.3) is 0 Å². The zero-order valence-electron chi connectivity index (χ0n) is 52.6. The molecule has 82 heavy (non-hydrogen) atoms. The quantitative estimate of drug-likeness (QED) is 0.0195. The van der Waals surface area contributed by atoms with Gasteiger partial charge in [0.05, 0.1) is 25.4 Å². The summed E-state index contributed by atoms with van der Waals surface area (Å²) < 4.78 is 17.7. The van der Waals surface area contributed by atoms with E-state index < -0.39 is 67.4 Å². The molecule has 11 heteroatoms. The van der Waals surface area contributed by atoms with Crippen LogP contribution in [0.2, 0.25) is 0 Å². The van der Waals surface area contributed by atoms with E-state index in [1.807, 2.05) is 6.08 Å². The van der Waals surface area contributed by atoms with Gasteiger partial charge in [0, 0.05) is 6.42 Å². The number of carbonyl (C=O) groups is 2. The number of rotatable bonds is 57. The number of ether oxygens (including phenoxy) is 3. The molecule has 8 atom stereocenters. The summed E-state index contributed by atoms with van der Waals surface area (Å²) in [6, 6.07) is -1.03. The van der Waals surface area contributed by atoms with Crippen LogP contribution in [0.15, 0.2) is 85.1 Å². The molecule has 0 aromatic heterocycles. The van der Waals surface area contributed by atoms with E-state index in [0.29, 0.717) is 12.8 Å². The van der Waals surface area contributed by atoms with Crippen molar-refractivity contribution in [2.75, 3.05) is 13.2 Å². The van der Waals surface area contributed by atoms with Crippen LogP contribution in [0, 0.1) is 0 Å². The molecule has 1 amide bonds. The molecule has 8 unspecified atom stereocenters. The maximum Gasteiger partial charge on any atom is 0.306 e. The monoisotopic (exact) mass is 1150 g/mol. The number of nitrogens with one attached hydrogen (secondary N) is 1. The molecule has 0 spiro atoms. The van der Waals surface area contributed by atoms with E-state index in [1.165, 1.54) is 141 Å². The summed E-state index contributed by atoms with van der Waals surface area (Å²) in [6.45, 7) is 5.74. The van der Waals surface area contributed by atoms with Gasteiger partial charge in [-0.05, 0) is 103 Å². The molecule has 6 N–H and O–H groups in total. The lowest BCUT2D eigenvalue weighted by Gasteiger charge is -2.41. The number of unbranched alkanes of at least 4 members (excludes halogenated alkanes) is 31. The fourth-order valence-corrected chi connectivity index (χ4v) is 10.1. The first-order valence-electron chi connectivity index (χ1n) is 33.9. The van der Waals surface area contributed by atoms with Crippen molar-refractivity contribution < 1.29 is 49.3 Å². The Balaban J connectivity index is 2.64. The van der Waals surface area contributed by atoms with Crippen molar-refractivity contribution in [1.82, 2.24) is 5.32 Å². The molecule has 474 valence electrons. The van der Waals surface area contributed by atoms with Gasteiger partial charge in [0.25, 0.3) is 0 Å². The highest BCUT2D eigenvalue weighted by atomic mass is 16.7. The minimum atomic E-state index is -1.63. The Morgan fingerprint density at radius 3 is 1.28 bits per heavy atom. The average molecular weight is 1150 g/mol. The normalized spacial score (nSPS) is 19.1. The van der Waals surface area contributed by atoms with E-state index in [2.05, 4.69) is 99.0 Å². The van der Waals surface area contributed by atoms with Crippen LogP contribution in [0.4, 0.5) is 0 Å². The lowest BCUT2D eigenvalue weighted by atomic mass is 9.99. The van der Waals surface area contributed by atoms with Gasteiger partial charge in [-0.2, -0.15) is 0 Å². The Kier molecular flexibility index (Phi) is 54.6. The summed E-state index contributed by atoms with van der Waals surface area (Å²) in [6.07, 6.45) is 66.1. The second-order valence-electron chi connectivity index (χ2n) is 23.2. The van der Waals surface area contributed by atoms with Crippen LogP contribution >= 0.6 is 0 Å². The van der Waals surface area contributed by atoms with Crippen molar-refractivity contribution in [3.8, 4) is 0 Å². The van der Waals surface area contributed by atoms with Gasteiger partial charge in [0.1, 0.15) is 24.4 Å². The van der Waals surface area contributed by atoms with Crippen molar-refractivity contribution in [2.45, 2.75) is 339 Å². The molecule has 0 bridgehead atoms. The summed E-state index contributed by atoms with van der Waals surface area (Å²) in [5.41, 5.74) is 0. The van der Waals surface area contributed by atoms with Crippen LogP contribution < -0.4 is 5.32 Å². The van der Waals surface area contributed by atoms with Crippen LogP contribution in [0.1, 0.15) is 290 Å². The smallest absolute Gasteiger partial charge is 0.306 e.